The predicted octanol–water partition coefficient (Wildman–Crippen LogP) is 6.28. The van der Waals surface area contributed by atoms with Gasteiger partial charge in [0.05, 0.1) is 70.4 Å². The average molecular weight is 1020 g/mol. The largest absolute Gasteiger partial charge is 0.778 e. The van der Waals surface area contributed by atoms with Crippen LogP contribution in [-0.2, 0) is 50.5 Å². The van der Waals surface area contributed by atoms with Crippen molar-refractivity contribution >= 4 is 80.9 Å². The summed E-state index contributed by atoms with van der Waals surface area (Å²) in [5.41, 5.74) is -1.75. The zero-order valence-corrected chi connectivity index (χ0v) is 38.8. The lowest BCUT2D eigenvalue weighted by Gasteiger charge is -2.14. The van der Waals surface area contributed by atoms with Gasteiger partial charge in [-0.3, -0.25) is 25.0 Å². The van der Waals surface area contributed by atoms with Gasteiger partial charge in [-0.2, -0.15) is 13.2 Å². The summed E-state index contributed by atoms with van der Waals surface area (Å²) in [6, 6.07) is 9.55. The number of hydrogen-bond donors (Lipinski definition) is 3. The van der Waals surface area contributed by atoms with Crippen molar-refractivity contribution < 1.29 is 83.9 Å². The zero-order valence-electron chi connectivity index (χ0n) is 34.8. The lowest BCUT2D eigenvalue weighted by Crippen LogP contribution is -2.25. The van der Waals surface area contributed by atoms with E-state index in [2.05, 4.69) is 28.7 Å². The molecule has 5 rings (SSSR count). The van der Waals surface area contributed by atoms with Gasteiger partial charge >= 0.3 is 24.1 Å². The Bertz CT molecular complexity index is 2500. The van der Waals surface area contributed by atoms with Crippen LogP contribution in [-0.4, -0.2) is 103 Å². The summed E-state index contributed by atoms with van der Waals surface area (Å²) in [5.74, 6) is -3.19. The minimum Gasteiger partial charge on any atom is -0.778 e. The number of aromatic nitrogens is 1. The molecule has 4 aromatic rings. The number of sulfone groups is 1. The number of aliphatic carboxylic acids is 1. The molecular formula is C38H41Cl2F3N3O16PS2. The molecule has 1 unspecified atom stereocenters. The third-order valence-electron chi connectivity index (χ3n) is 7.46. The van der Waals surface area contributed by atoms with Crippen molar-refractivity contribution in [3.8, 4) is 11.5 Å². The highest BCUT2D eigenvalue weighted by molar-refractivity contribution is 7.94. The maximum absolute atomic E-state index is 12.7. The number of carboxylic acid groups (broad SMARTS) is 1. The molecule has 0 amide bonds. The number of ketones is 1. The molecule has 0 bridgehead atoms. The first kappa shape index (κ1) is 56.1. The third kappa shape index (κ3) is 19.9. The first-order valence-electron chi connectivity index (χ1n) is 18.1. The summed E-state index contributed by atoms with van der Waals surface area (Å²) >= 11 is 11.6. The molecule has 1 aromatic heterocycles. The quantitative estimate of drug-likeness (QED) is 0.0295. The molecule has 0 aliphatic heterocycles. The van der Waals surface area contributed by atoms with Crippen molar-refractivity contribution in [3.05, 3.63) is 109 Å². The number of carbonyl (C=O) groups is 4. The Labute approximate surface area is 382 Å². The molecule has 1 atom stereocenters. The van der Waals surface area contributed by atoms with Crippen molar-refractivity contribution in [2.24, 2.45) is 0 Å². The third-order valence-corrected chi connectivity index (χ3v) is 9.76. The maximum Gasteiger partial charge on any atom is 0.416 e. The molecule has 1 fully saturated rings. The fourth-order valence-electron chi connectivity index (χ4n) is 4.69. The number of esters is 2. The predicted molar refractivity (Wildman–Crippen MR) is 228 cm³/mol. The van der Waals surface area contributed by atoms with Gasteiger partial charge < -0.3 is 38.2 Å². The molecule has 1 saturated carbocycles. The first-order chi connectivity index (χ1) is 30.0. The Morgan fingerprint density at radius 2 is 1.65 bits per heavy atom. The van der Waals surface area contributed by atoms with Gasteiger partial charge in [-0.1, -0.05) is 28.4 Å². The number of hydrogen-bond acceptors (Lipinski definition) is 16. The number of alkyl halides is 3. The minimum atomic E-state index is -4.61. The van der Waals surface area contributed by atoms with E-state index >= 15 is 0 Å². The standard InChI is InChI=1S/C18H13ClF3NO7.C14H12ClNO4S.C3H8NO5P.C3H9S/c1-2-28-16(24)9-29-17(25)12-8-11(4-5-14(12)23(26)27)30-15-6-3-10(7-13(15)19)18(20,21)22;1-21(18,19)12-6-9(15)4-5-10(12)13(17)11-7-16-20-14(11)8-2-3-8;5-3(6)1-4-2-10(7,8)9;1-4(2)3/h3-8H,2,9H2,1H3;4-8H,2-3H2,1H3;4H,1-2H2,(H,5,6)(H2,7,8,9);1-3H3/q;;;+1/p-1. The maximum atomic E-state index is 12.7. The van der Waals surface area contributed by atoms with Crippen molar-refractivity contribution in [2.45, 2.75) is 36.8 Å². The Morgan fingerprint density at radius 3 is 2.15 bits per heavy atom. The normalized spacial score (nSPS) is 13.0. The molecule has 19 nitrogen and oxygen atoms in total. The second-order valence-corrected chi connectivity index (χ2v) is 20.4. The molecule has 1 aliphatic rings. The molecule has 3 aromatic carbocycles. The highest BCUT2D eigenvalue weighted by Gasteiger charge is 2.34. The Morgan fingerprint density at radius 1 is 1.02 bits per heavy atom. The van der Waals surface area contributed by atoms with Crippen LogP contribution in [0.25, 0.3) is 0 Å². The Hall–Kier alpha value is -5.07. The lowest BCUT2D eigenvalue weighted by molar-refractivity contribution is -0.385. The number of benzene rings is 3. The molecule has 65 heavy (non-hydrogen) atoms. The van der Waals surface area contributed by atoms with E-state index < -0.39 is 88.5 Å². The second-order valence-electron chi connectivity index (χ2n) is 13.5. The van der Waals surface area contributed by atoms with Crippen LogP contribution in [0.5, 0.6) is 11.5 Å². The van der Waals surface area contributed by atoms with Crippen LogP contribution in [0, 0.1) is 10.1 Å². The number of ether oxygens (including phenoxy) is 3. The van der Waals surface area contributed by atoms with E-state index in [0.717, 1.165) is 49.4 Å². The molecule has 1 aliphatic carbocycles. The number of nitro groups is 1. The topological polar surface area (TPSA) is 292 Å². The molecule has 3 N–H and O–H groups in total. The molecule has 0 radical (unpaired) electrons. The smallest absolute Gasteiger partial charge is 0.416 e. The number of halogens is 5. The van der Waals surface area contributed by atoms with Crippen LogP contribution < -0.4 is 14.9 Å². The van der Waals surface area contributed by atoms with Gasteiger partial charge in [-0.05, 0) is 73.1 Å². The molecule has 27 heteroatoms. The summed E-state index contributed by atoms with van der Waals surface area (Å²) in [7, 11) is -7.27. The lowest BCUT2D eigenvalue weighted by atomic mass is 10.0. The van der Waals surface area contributed by atoms with Gasteiger partial charge in [0.2, 0.25) is 0 Å². The van der Waals surface area contributed by atoms with E-state index in [1.54, 1.807) is 0 Å². The summed E-state index contributed by atoms with van der Waals surface area (Å²) in [6.07, 6.45) is 5.57. The fourth-order valence-corrected chi connectivity index (χ4v) is 6.44. The van der Waals surface area contributed by atoms with E-state index in [9.17, 15) is 60.3 Å². The number of carbonyl (C=O) groups excluding carboxylic acids is 3. The van der Waals surface area contributed by atoms with E-state index in [1.165, 1.54) is 31.3 Å². The summed E-state index contributed by atoms with van der Waals surface area (Å²) in [5, 5.41) is 24.7. The van der Waals surface area contributed by atoms with Gasteiger partial charge in [-0.15, -0.1) is 0 Å². The summed E-state index contributed by atoms with van der Waals surface area (Å²) < 4.78 is 91.6. The number of rotatable bonds is 15. The van der Waals surface area contributed by atoms with Crippen LogP contribution in [0.2, 0.25) is 10.0 Å². The number of nitrogens with zero attached hydrogens (tertiary/aromatic N) is 2. The monoisotopic (exact) mass is 1020 g/mol. The SMILES string of the molecule is CCOC(=O)COC(=O)c1cc(Oc2ccc(C(F)(F)F)cc2Cl)ccc1[N+](=O)[O-].CS(=O)(=O)c1cc(Cl)ccc1C(=O)c1cnoc1C1CC1.C[S+](C)C.O=C(O)CNCP(=O)([O-])O. The molecule has 1 heterocycles. The number of nitrogens with one attached hydrogen (secondary N) is 1. The minimum absolute atomic E-state index is 0.0493. The van der Waals surface area contributed by atoms with Crippen LogP contribution in [0.4, 0.5) is 18.9 Å². The highest BCUT2D eigenvalue weighted by atomic mass is 35.5. The van der Waals surface area contributed by atoms with Crippen LogP contribution in [0.3, 0.4) is 0 Å². The highest BCUT2D eigenvalue weighted by Crippen LogP contribution is 2.42. The molecular weight excluding hydrogens is 977 g/mol. The Kier molecular flexibility index (Phi) is 21.6. The van der Waals surface area contributed by atoms with Crippen molar-refractivity contribution in [2.75, 3.05) is 51.1 Å². The first-order valence-corrected chi connectivity index (χ1v) is 25.0. The number of carboxylic acids is 1. The molecule has 356 valence electrons. The van der Waals surface area contributed by atoms with Crippen LogP contribution in [0.15, 0.2) is 70.2 Å². The van der Waals surface area contributed by atoms with Gasteiger partial charge in [0.15, 0.2) is 28.0 Å². The Balaban J connectivity index is 0.000000357. The van der Waals surface area contributed by atoms with Gasteiger partial charge in [0.1, 0.15) is 24.7 Å². The summed E-state index contributed by atoms with van der Waals surface area (Å²) in [4.78, 5) is 74.1. The number of nitro benzene ring substituents is 1. The van der Waals surface area contributed by atoms with Gasteiger partial charge in [0.25, 0.3) is 5.69 Å². The van der Waals surface area contributed by atoms with E-state index in [-0.39, 0.29) is 44.5 Å². The molecule has 0 spiro atoms. The zero-order chi connectivity index (χ0) is 49.4. The fraction of sp³-hybridized carbons (Fsp3) is 0.342. The van der Waals surface area contributed by atoms with E-state index in [0.29, 0.717) is 28.3 Å². The van der Waals surface area contributed by atoms with Crippen molar-refractivity contribution in [1.82, 2.24) is 10.5 Å². The van der Waals surface area contributed by atoms with E-state index in [4.69, 9.17) is 47.2 Å². The van der Waals surface area contributed by atoms with Gasteiger partial charge in [0, 0.05) is 34.9 Å². The van der Waals surface area contributed by atoms with Gasteiger partial charge in [-0.25, -0.2) is 18.0 Å². The van der Waals surface area contributed by atoms with Crippen molar-refractivity contribution in [3.63, 3.8) is 0 Å². The van der Waals surface area contributed by atoms with Crippen molar-refractivity contribution in [1.29, 1.82) is 0 Å². The summed E-state index contributed by atoms with van der Waals surface area (Å²) in [6.45, 7) is 0.345. The van der Waals surface area contributed by atoms with Crippen LogP contribution in [0.1, 0.15) is 63.3 Å². The van der Waals surface area contributed by atoms with E-state index in [1.807, 2.05) is 5.32 Å². The van der Waals surface area contributed by atoms with Crippen LogP contribution >= 0.6 is 30.8 Å². The average Bonchev–Trinajstić information content (AvgIpc) is 3.91. The second kappa shape index (κ2) is 25.0. The molecule has 0 saturated heterocycles.